The number of nitro groups is 1. The van der Waals surface area contributed by atoms with Gasteiger partial charge in [-0.15, -0.1) is 0 Å². The van der Waals surface area contributed by atoms with Crippen LogP contribution in [-0.4, -0.2) is 36.8 Å². The number of hydrogen-bond donors (Lipinski definition) is 1. The Morgan fingerprint density at radius 2 is 2.04 bits per heavy atom. The van der Waals surface area contributed by atoms with Crippen molar-refractivity contribution in [2.24, 2.45) is 0 Å². The highest BCUT2D eigenvalue weighted by Crippen LogP contribution is 2.38. The first-order chi connectivity index (χ1) is 11.8. The number of nitro benzene ring substituents is 1. The monoisotopic (exact) mass is 352 g/mol. The maximum Gasteiger partial charge on any atom is 0.412 e. The number of rotatable bonds is 8. The Labute approximate surface area is 144 Å². The molecule has 0 spiro atoms. The van der Waals surface area contributed by atoms with E-state index in [0.717, 1.165) is 0 Å². The molecule has 1 amide bonds. The number of nitrogens with one attached hydrogen (secondary N) is 1. The highest BCUT2D eigenvalue weighted by molar-refractivity contribution is 5.89. The van der Waals surface area contributed by atoms with E-state index < -0.39 is 17.0 Å². The van der Waals surface area contributed by atoms with Crippen LogP contribution in [0.2, 0.25) is 0 Å². The predicted octanol–water partition coefficient (Wildman–Crippen LogP) is 2.89. The molecule has 9 nitrogen and oxygen atoms in total. The first-order valence-electron chi connectivity index (χ1n) is 7.43. The van der Waals surface area contributed by atoms with Crippen molar-refractivity contribution >= 4 is 23.4 Å². The molecular formula is C16H20N2O7. The minimum absolute atomic E-state index is 0.0294. The Kier molecular flexibility index (Phi) is 7.39. The van der Waals surface area contributed by atoms with Gasteiger partial charge < -0.3 is 14.2 Å². The van der Waals surface area contributed by atoms with Gasteiger partial charge in [-0.3, -0.25) is 15.4 Å². The normalized spacial score (nSPS) is 9.88. The molecule has 136 valence electrons. The lowest BCUT2D eigenvalue weighted by Gasteiger charge is -2.15. The number of amides is 1. The standard InChI is InChI=1S/C16H20N2O7/c1-5-7-24-16(20)17-12-8-10(3)15(11(4)14(12)18(21)22)25-9-13(19)23-6-2/h5,8H,1,6-7,9H2,2-4H3,(H,17,20). The number of esters is 1. The second kappa shape index (κ2) is 9.26. The summed E-state index contributed by atoms with van der Waals surface area (Å²) in [4.78, 5) is 33.8. The van der Waals surface area contributed by atoms with E-state index in [1.807, 2.05) is 0 Å². The topological polar surface area (TPSA) is 117 Å². The predicted molar refractivity (Wildman–Crippen MR) is 89.9 cm³/mol. The quantitative estimate of drug-likeness (QED) is 0.331. The maximum absolute atomic E-state index is 11.6. The van der Waals surface area contributed by atoms with Crippen molar-refractivity contribution in [3.05, 3.63) is 40.0 Å². The van der Waals surface area contributed by atoms with Crippen LogP contribution >= 0.6 is 0 Å². The molecule has 0 aromatic heterocycles. The second-order valence-corrected chi connectivity index (χ2v) is 4.91. The molecule has 0 bridgehead atoms. The summed E-state index contributed by atoms with van der Waals surface area (Å²) in [5, 5.41) is 13.7. The summed E-state index contributed by atoms with van der Waals surface area (Å²) in [5.41, 5.74) is 0.303. The van der Waals surface area contributed by atoms with Crippen LogP contribution < -0.4 is 10.1 Å². The molecule has 0 aliphatic heterocycles. The molecule has 0 fully saturated rings. The molecule has 1 aromatic carbocycles. The van der Waals surface area contributed by atoms with Gasteiger partial charge in [0.1, 0.15) is 18.0 Å². The fraction of sp³-hybridized carbons (Fsp3) is 0.375. The van der Waals surface area contributed by atoms with Crippen molar-refractivity contribution in [2.45, 2.75) is 20.8 Å². The van der Waals surface area contributed by atoms with Crippen LogP contribution in [0, 0.1) is 24.0 Å². The largest absolute Gasteiger partial charge is 0.481 e. The zero-order valence-corrected chi connectivity index (χ0v) is 14.3. The summed E-state index contributed by atoms with van der Waals surface area (Å²) >= 11 is 0. The molecule has 25 heavy (non-hydrogen) atoms. The molecule has 1 N–H and O–H groups in total. The van der Waals surface area contributed by atoms with Gasteiger partial charge in [-0.05, 0) is 32.4 Å². The van der Waals surface area contributed by atoms with E-state index >= 15 is 0 Å². The third-order valence-corrected chi connectivity index (χ3v) is 3.06. The molecule has 1 aromatic rings. The van der Waals surface area contributed by atoms with Gasteiger partial charge in [0.05, 0.1) is 17.1 Å². The molecular weight excluding hydrogens is 332 g/mol. The third kappa shape index (κ3) is 5.48. The molecule has 0 saturated carbocycles. The van der Waals surface area contributed by atoms with Crippen LogP contribution in [0.15, 0.2) is 18.7 Å². The number of aryl methyl sites for hydroxylation is 1. The molecule has 0 saturated heterocycles. The molecule has 9 heteroatoms. The van der Waals surface area contributed by atoms with Crippen molar-refractivity contribution in [2.75, 3.05) is 25.1 Å². The summed E-state index contributed by atoms with van der Waals surface area (Å²) in [6, 6.07) is 1.38. The van der Waals surface area contributed by atoms with E-state index in [-0.39, 0.29) is 42.5 Å². The Bertz CT molecular complexity index is 686. The molecule has 0 heterocycles. The zero-order chi connectivity index (χ0) is 19.0. The number of ether oxygens (including phenoxy) is 3. The summed E-state index contributed by atoms with van der Waals surface area (Å²) in [6.07, 6.45) is 0.526. The van der Waals surface area contributed by atoms with Gasteiger partial charge in [0.25, 0.3) is 5.69 Å². The highest BCUT2D eigenvalue weighted by atomic mass is 16.6. The molecule has 0 atom stereocenters. The van der Waals surface area contributed by atoms with Crippen molar-refractivity contribution in [1.82, 2.24) is 0 Å². The fourth-order valence-electron chi connectivity index (χ4n) is 2.12. The summed E-state index contributed by atoms with van der Waals surface area (Å²) in [5.74, 6) is -0.399. The van der Waals surface area contributed by atoms with Gasteiger partial charge >= 0.3 is 12.1 Å². The highest BCUT2D eigenvalue weighted by Gasteiger charge is 2.25. The number of carbonyl (C=O) groups excluding carboxylic acids is 2. The van der Waals surface area contributed by atoms with E-state index in [4.69, 9.17) is 14.2 Å². The number of carbonyl (C=O) groups is 2. The first kappa shape index (κ1) is 19.9. The third-order valence-electron chi connectivity index (χ3n) is 3.06. The molecule has 0 aliphatic carbocycles. The number of benzene rings is 1. The average Bonchev–Trinajstić information content (AvgIpc) is 2.52. The second-order valence-electron chi connectivity index (χ2n) is 4.91. The van der Waals surface area contributed by atoms with E-state index in [9.17, 15) is 19.7 Å². The minimum Gasteiger partial charge on any atom is -0.481 e. The van der Waals surface area contributed by atoms with Crippen LogP contribution in [0.3, 0.4) is 0 Å². The smallest absolute Gasteiger partial charge is 0.412 e. The minimum atomic E-state index is -0.845. The first-order valence-corrected chi connectivity index (χ1v) is 7.43. The number of nitrogens with zero attached hydrogens (tertiary/aromatic N) is 1. The van der Waals surface area contributed by atoms with Gasteiger partial charge in [-0.2, -0.15) is 0 Å². The van der Waals surface area contributed by atoms with Gasteiger partial charge in [0.2, 0.25) is 0 Å². The number of hydrogen-bond acceptors (Lipinski definition) is 7. The van der Waals surface area contributed by atoms with E-state index in [1.54, 1.807) is 13.8 Å². The van der Waals surface area contributed by atoms with Crippen molar-refractivity contribution in [3.63, 3.8) is 0 Å². The molecule has 0 radical (unpaired) electrons. The van der Waals surface area contributed by atoms with E-state index in [0.29, 0.717) is 5.56 Å². The SMILES string of the molecule is C=CCOC(=O)Nc1cc(C)c(OCC(=O)OCC)c(C)c1[N+](=O)[O-]. The molecule has 1 rings (SSSR count). The summed E-state index contributed by atoms with van der Waals surface area (Å²) in [7, 11) is 0. The van der Waals surface area contributed by atoms with Gasteiger partial charge in [0.15, 0.2) is 6.61 Å². The summed E-state index contributed by atoms with van der Waals surface area (Å²) < 4.78 is 14.9. The van der Waals surface area contributed by atoms with Crippen LogP contribution in [0.5, 0.6) is 5.75 Å². The number of anilines is 1. The Morgan fingerprint density at radius 1 is 1.36 bits per heavy atom. The molecule has 0 unspecified atom stereocenters. The maximum atomic E-state index is 11.6. The lowest BCUT2D eigenvalue weighted by Crippen LogP contribution is -2.17. The Morgan fingerprint density at radius 3 is 2.60 bits per heavy atom. The van der Waals surface area contributed by atoms with E-state index in [1.165, 1.54) is 19.1 Å². The Balaban J connectivity index is 3.13. The lowest BCUT2D eigenvalue weighted by atomic mass is 10.1. The van der Waals surface area contributed by atoms with Crippen LogP contribution in [0.25, 0.3) is 0 Å². The Hall–Kier alpha value is -3.10. The molecule has 0 aliphatic rings. The fourth-order valence-corrected chi connectivity index (χ4v) is 2.12. The summed E-state index contributed by atoms with van der Waals surface area (Å²) in [6.45, 7) is 7.96. The van der Waals surface area contributed by atoms with Crippen molar-refractivity contribution in [3.8, 4) is 5.75 Å². The van der Waals surface area contributed by atoms with Crippen molar-refractivity contribution in [1.29, 1.82) is 0 Å². The van der Waals surface area contributed by atoms with Crippen LogP contribution in [-0.2, 0) is 14.3 Å². The zero-order valence-electron chi connectivity index (χ0n) is 14.3. The van der Waals surface area contributed by atoms with Gasteiger partial charge in [-0.25, -0.2) is 9.59 Å². The average molecular weight is 352 g/mol. The van der Waals surface area contributed by atoms with Crippen molar-refractivity contribution < 1.29 is 28.7 Å². The van der Waals surface area contributed by atoms with Crippen LogP contribution in [0.1, 0.15) is 18.1 Å². The van der Waals surface area contributed by atoms with Crippen LogP contribution in [0.4, 0.5) is 16.2 Å². The lowest BCUT2D eigenvalue weighted by molar-refractivity contribution is -0.384. The van der Waals surface area contributed by atoms with E-state index in [2.05, 4.69) is 11.9 Å². The van der Waals surface area contributed by atoms with Gasteiger partial charge in [0, 0.05) is 0 Å². The van der Waals surface area contributed by atoms with Gasteiger partial charge in [-0.1, -0.05) is 12.7 Å².